The molecule has 0 aliphatic rings. The van der Waals surface area contributed by atoms with Crippen LogP contribution < -0.4 is 11.1 Å². The number of hydrogen-bond donors (Lipinski definition) is 3. The number of nitrogens with zero attached hydrogens (tertiary/aromatic N) is 3. The molecule has 0 aliphatic heterocycles. The van der Waals surface area contributed by atoms with E-state index in [9.17, 15) is 4.79 Å². The van der Waals surface area contributed by atoms with Gasteiger partial charge in [-0.3, -0.25) is 4.79 Å². The van der Waals surface area contributed by atoms with Gasteiger partial charge >= 0.3 is 0 Å². The van der Waals surface area contributed by atoms with Crippen molar-refractivity contribution in [2.75, 3.05) is 0 Å². The lowest BCUT2D eigenvalue weighted by Gasteiger charge is -2.13. The number of aromatic nitrogens is 4. The molecule has 1 aromatic rings. The Morgan fingerprint density at radius 2 is 2.27 bits per heavy atom. The zero-order chi connectivity index (χ0) is 11.4. The third kappa shape index (κ3) is 2.94. The Labute approximate surface area is 91.8 Å². The van der Waals surface area contributed by atoms with Gasteiger partial charge in [0.05, 0.1) is 16.9 Å². The molecule has 2 unspecified atom stereocenters. The predicted octanol–water partition coefficient (Wildman–Crippen LogP) is -0.701. The number of nitrogens with two attached hydrogens (primary N) is 1. The molecule has 8 heteroatoms. The van der Waals surface area contributed by atoms with Crippen LogP contribution in [0.2, 0.25) is 0 Å². The first kappa shape index (κ1) is 11.5. The molecule has 15 heavy (non-hydrogen) atoms. The summed E-state index contributed by atoms with van der Waals surface area (Å²) in [5.41, 5.74) is 5.35. The zero-order valence-electron chi connectivity index (χ0n) is 8.39. The second kappa shape index (κ2) is 4.78. The number of carbonyl (C=O) groups excluding carboxylic acids is 1. The number of thiocarbonyl (C=S) groups is 1. The summed E-state index contributed by atoms with van der Waals surface area (Å²) in [4.78, 5) is 11.7. The van der Waals surface area contributed by atoms with Crippen LogP contribution in [-0.4, -0.2) is 31.5 Å². The number of amides is 1. The Kier molecular flexibility index (Phi) is 3.67. The van der Waals surface area contributed by atoms with E-state index in [0.29, 0.717) is 5.82 Å². The average molecular weight is 228 g/mol. The van der Waals surface area contributed by atoms with Crippen molar-refractivity contribution in [3.05, 3.63) is 5.82 Å². The number of H-pyrrole nitrogens is 1. The van der Waals surface area contributed by atoms with Gasteiger partial charge in [-0.15, -0.1) is 10.2 Å². The van der Waals surface area contributed by atoms with Crippen LogP contribution in [-0.2, 0) is 4.79 Å². The third-order valence-corrected chi connectivity index (χ3v) is 2.28. The van der Waals surface area contributed by atoms with Gasteiger partial charge in [0.25, 0.3) is 0 Å². The molecule has 82 valence electrons. The average Bonchev–Trinajstić information content (AvgIpc) is 2.68. The van der Waals surface area contributed by atoms with E-state index >= 15 is 0 Å². The van der Waals surface area contributed by atoms with Gasteiger partial charge in [-0.1, -0.05) is 17.4 Å². The van der Waals surface area contributed by atoms with Crippen molar-refractivity contribution in [1.82, 2.24) is 25.9 Å². The summed E-state index contributed by atoms with van der Waals surface area (Å²) in [5.74, 6) is -0.340. The lowest BCUT2D eigenvalue weighted by atomic mass is 10.1. The van der Waals surface area contributed by atoms with Crippen molar-refractivity contribution in [1.29, 1.82) is 0 Å². The van der Waals surface area contributed by atoms with Crippen molar-refractivity contribution in [2.24, 2.45) is 11.7 Å². The Bertz CT molecular complexity index is 350. The summed E-state index contributed by atoms with van der Waals surface area (Å²) in [7, 11) is 0. The second-order valence-electron chi connectivity index (χ2n) is 3.12. The minimum absolute atomic E-state index is 0.160. The van der Waals surface area contributed by atoms with Crippen molar-refractivity contribution in [3.63, 3.8) is 0 Å². The van der Waals surface area contributed by atoms with Gasteiger partial charge in [0.15, 0.2) is 5.82 Å². The maximum atomic E-state index is 11.5. The van der Waals surface area contributed by atoms with Crippen LogP contribution in [0.15, 0.2) is 0 Å². The van der Waals surface area contributed by atoms with Gasteiger partial charge in [-0.2, -0.15) is 5.21 Å². The number of rotatable bonds is 4. The molecule has 0 spiro atoms. The summed E-state index contributed by atoms with van der Waals surface area (Å²) in [5, 5.41) is 15.9. The van der Waals surface area contributed by atoms with Crippen molar-refractivity contribution in [3.8, 4) is 0 Å². The zero-order valence-corrected chi connectivity index (χ0v) is 9.21. The van der Waals surface area contributed by atoms with Crippen LogP contribution in [0.25, 0.3) is 0 Å². The van der Waals surface area contributed by atoms with Crippen LogP contribution in [0.1, 0.15) is 25.7 Å². The summed E-state index contributed by atoms with van der Waals surface area (Å²) < 4.78 is 0. The summed E-state index contributed by atoms with van der Waals surface area (Å²) in [6, 6.07) is -0.326. The number of nitrogens with one attached hydrogen (secondary N) is 2. The molecule has 7 nitrogen and oxygen atoms in total. The summed E-state index contributed by atoms with van der Waals surface area (Å²) in [6.07, 6.45) is 0. The molecule has 0 fully saturated rings. The molecule has 0 aliphatic carbocycles. The normalized spacial score (nSPS) is 14.3. The minimum Gasteiger partial charge on any atom is -0.393 e. The van der Waals surface area contributed by atoms with Gasteiger partial charge in [0, 0.05) is 0 Å². The summed E-state index contributed by atoms with van der Waals surface area (Å²) in [6.45, 7) is 3.38. The monoisotopic (exact) mass is 228 g/mol. The molecule has 0 radical (unpaired) electrons. The number of tetrazole rings is 1. The molecule has 0 bridgehead atoms. The molecule has 2 atom stereocenters. The van der Waals surface area contributed by atoms with Crippen LogP contribution >= 0.6 is 12.2 Å². The third-order valence-electron chi connectivity index (χ3n) is 1.93. The molecule has 1 heterocycles. The van der Waals surface area contributed by atoms with Gasteiger partial charge in [-0.05, 0) is 13.8 Å². The van der Waals surface area contributed by atoms with E-state index in [1.54, 1.807) is 13.8 Å². The van der Waals surface area contributed by atoms with E-state index in [2.05, 4.69) is 25.9 Å². The fourth-order valence-electron chi connectivity index (χ4n) is 0.885. The van der Waals surface area contributed by atoms with E-state index in [0.717, 1.165) is 0 Å². The molecule has 1 aromatic heterocycles. The molecule has 0 saturated carbocycles. The Morgan fingerprint density at radius 1 is 1.60 bits per heavy atom. The smallest absolute Gasteiger partial charge is 0.230 e. The van der Waals surface area contributed by atoms with Crippen LogP contribution in [0.4, 0.5) is 0 Å². The van der Waals surface area contributed by atoms with E-state index in [-0.39, 0.29) is 16.9 Å². The fraction of sp³-hybridized carbons (Fsp3) is 0.571. The highest BCUT2D eigenvalue weighted by Crippen LogP contribution is 2.05. The maximum Gasteiger partial charge on any atom is 0.230 e. The highest BCUT2D eigenvalue weighted by atomic mass is 32.1. The van der Waals surface area contributed by atoms with Crippen molar-refractivity contribution >= 4 is 23.1 Å². The number of carbonyl (C=O) groups is 1. The lowest BCUT2D eigenvalue weighted by Crippen LogP contribution is -2.37. The van der Waals surface area contributed by atoms with Crippen LogP contribution in [0.5, 0.6) is 0 Å². The number of hydrogen-bond acceptors (Lipinski definition) is 5. The first-order valence-corrected chi connectivity index (χ1v) is 4.76. The quantitative estimate of drug-likeness (QED) is 0.588. The molecule has 0 aromatic carbocycles. The maximum absolute atomic E-state index is 11.5. The Balaban J connectivity index is 2.56. The SMILES string of the molecule is CC(C(=O)NC(C)c1nn[nH]n1)C(N)=S. The topological polar surface area (TPSA) is 110 Å². The van der Waals surface area contributed by atoms with Crippen LogP contribution in [0, 0.1) is 5.92 Å². The highest BCUT2D eigenvalue weighted by molar-refractivity contribution is 7.80. The fourth-order valence-corrected chi connectivity index (χ4v) is 0.992. The first-order chi connectivity index (χ1) is 7.02. The molecule has 4 N–H and O–H groups in total. The highest BCUT2D eigenvalue weighted by Gasteiger charge is 2.19. The molecule has 1 rings (SSSR count). The molecular weight excluding hydrogens is 216 g/mol. The van der Waals surface area contributed by atoms with E-state index in [4.69, 9.17) is 18.0 Å². The van der Waals surface area contributed by atoms with Crippen molar-refractivity contribution < 1.29 is 4.79 Å². The Morgan fingerprint density at radius 3 is 2.73 bits per heavy atom. The first-order valence-electron chi connectivity index (χ1n) is 4.35. The van der Waals surface area contributed by atoms with E-state index in [1.807, 2.05) is 0 Å². The van der Waals surface area contributed by atoms with E-state index < -0.39 is 5.92 Å². The van der Waals surface area contributed by atoms with Gasteiger partial charge in [0.1, 0.15) is 0 Å². The van der Waals surface area contributed by atoms with Gasteiger partial charge in [-0.25, -0.2) is 0 Å². The summed E-state index contributed by atoms with van der Waals surface area (Å²) >= 11 is 4.71. The Hall–Kier alpha value is -1.57. The largest absolute Gasteiger partial charge is 0.393 e. The van der Waals surface area contributed by atoms with Gasteiger partial charge < -0.3 is 11.1 Å². The minimum atomic E-state index is -0.505. The molecule has 0 saturated heterocycles. The molecule has 1 amide bonds. The second-order valence-corrected chi connectivity index (χ2v) is 3.60. The number of aromatic amines is 1. The van der Waals surface area contributed by atoms with E-state index in [1.165, 1.54) is 0 Å². The van der Waals surface area contributed by atoms with Gasteiger partial charge in [0.2, 0.25) is 5.91 Å². The molecular formula is C7H12N6OS. The van der Waals surface area contributed by atoms with Crippen LogP contribution in [0.3, 0.4) is 0 Å². The predicted molar refractivity (Wildman–Crippen MR) is 56.7 cm³/mol. The lowest BCUT2D eigenvalue weighted by molar-refractivity contribution is -0.123. The van der Waals surface area contributed by atoms with Crippen molar-refractivity contribution in [2.45, 2.75) is 19.9 Å². The standard InChI is InChI=1S/C7H12N6OS/c1-3(5(8)15)7(14)9-4(2)6-10-12-13-11-6/h3-4H,1-2H3,(H2,8,15)(H,9,14)(H,10,11,12,13).